The Morgan fingerprint density at radius 2 is 1.38 bits per heavy atom. The van der Waals surface area contributed by atoms with Crippen molar-refractivity contribution in [1.82, 2.24) is 0 Å². The molecule has 0 fully saturated rings. The van der Waals surface area contributed by atoms with Crippen LogP contribution < -0.4 is 8.48 Å². The summed E-state index contributed by atoms with van der Waals surface area (Å²) in [5.74, 6) is 0.143. The van der Waals surface area contributed by atoms with E-state index < -0.39 is 18.4 Å². The van der Waals surface area contributed by atoms with Crippen LogP contribution in [0.25, 0.3) is 0 Å². The Bertz CT molecular complexity index is 479. The fourth-order valence-electron chi connectivity index (χ4n) is 3.71. The molecule has 0 aromatic heterocycles. The monoisotopic (exact) mass is 439 g/mol. The minimum atomic E-state index is -2.50. The average Bonchev–Trinajstić information content (AvgIpc) is 2.61. The molecular weight excluding hydrogens is 401 g/mol. The molecule has 2 nitrogen and oxygen atoms in total. The second kappa shape index (κ2) is 11.2. The van der Waals surface area contributed by atoms with Crippen LogP contribution in [0, 0.1) is 0 Å². The number of carbonyl (C=O) groups is 1. The van der Waals surface area contributed by atoms with Gasteiger partial charge in [0.25, 0.3) is 0 Å². The van der Waals surface area contributed by atoms with E-state index >= 15 is 0 Å². The summed E-state index contributed by atoms with van der Waals surface area (Å²) in [5, 5.41) is 0. The molecular formula is C21H37NOSn. The molecule has 1 aromatic rings. The van der Waals surface area contributed by atoms with Gasteiger partial charge in [-0.2, -0.15) is 0 Å². The van der Waals surface area contributed by atoms with Crippen molar-refractivity contribution >= 4 is 33.6 Å². The second-order valence-electron chi connectivity index (χ2n) is 7.19. The molecule has 0 aliphatic rings. The van der Waals surface area contributed by atoms with Gasteiger partial charge in [0.15, 0.2) is 0 Å². The SMILES string of the molecule is CCC[CH2][Sn]([CH2]CCC)([CH2]CCC)[c]1ccccc1N(C)C(C)=O. The molecule has 0 saturated carbocycles. The molecule has 24 heavy (non-hydrogen) atoms. The zero-order valence-corrected chi connectivity index (χ0v) is 19.4. The number of carbonyl (C=O) groups excluding carboxylic acids is 1. The van der Waals surface area contributed by atoms with E-state index in [1.165, 1.54) is 57.5 Å². The van der Waals surface area contributed by atoms with Gasteiger partial charge in [-0.25, -0.2) is 0 Å². The molecule has 3 heteroatoms. The summed E-state index contributed by atoms with van der Waals surface area (Å²) < 4.78 is 5.91. The molecule has 0 aliphatic carbocycles. The molecule has 0 unspecified atom stereocenters. The number of rotatable bonds is 11. The number of para-hydroxylation sites is 1. The summed E-state index contributed by atoms with van der Waals surface area (Å²) >= 11 is -2.50. The Kier molecular flexibility index (Phi) is 10.0. The summed E-state index contributed by atoms with van der Waals surface area (Å²) in [4.78, 5) is 13.9. The first-order valence-corrected chi connectivity index (χ1v) is 17.3. The number of hydrogen-bond acceptors (Lipinski definition) is 1. The zero-order chi connectivity index (χ0) is 18.0. The van der Waals surface area contributed by atoms with Crippen molar-refractivity contribution in [2.24, 2.45) is 0 Å². The molecule has 0 saturated heterocycles. The van der Waals surface area contributed by atoms with Gasteiger partial charge in [-0.3, -0.25) is 0 Å². The Morgan fingerprint density at radius 3 is 1.79 bits per heavy atom. The summed E-state index contributed by atoms with van der Waals surface area (Å²) in [7, 11) is 1.94. The molecule has 0 aliphatic heterocycles. The van der Waals surface area contributed by atoms with Crippen molar-refractivity contribution in [3.63, 3.8) is 0 Å². The number of nitrogens with zero attached hydrogens (tertiary/aromatic N) is 1. The molecule has 0 radical (unpaired) electrons. The molecule has 0 atom stereocenters. The third-order valence-corrected chi connectivity index (χ3v) is 21.0. The molecule has 1 amide bonds. The van der Waals surface area contributed by atoms with Crippen LogP contribution in [0.3, 0.4) is 0 Å². The number of benzene rings is 1. The Labute approximate surface area is 153 Å². The van der Waals surface area contributed by atoms with Crippen molar-refractivity contribution in [3.05, 3.63) is 24.3 Å². The Hall–Kier alpha value is -0.511. The van der Waals surface area contributed by atoms with Gasteiger partial charge in [0.1, 0.15) is 0 Å². The van der Waals surface area contributed by atoms with Gasteiger partial charge in [0, 0.05) is 0 Å². The van der Waals surface area contributed by atoms with Crippen LogP contribution in [0.4, 0.5) is 5.69 Å². The van der Waals surface area contributed by atoms with E-state index in [0.717, 1.165) is 0 Å². The summed E-state index contributed by atoms with van der Waals surface area (Å²) in [6.45, 7) is 8.61. The van der Waals surface area contributed by atoms with E-state index in [1.54, 1.807) is 10.5 Å². The number of unbranched alkanes of at least 4 members (excludes halogenated alkanes) is 3. The van der Waals surface area contributed by atoms with Crippen LogP contribution in [0.1, 0.15) is 66.2 Å². The van der Waals surface area contributed by atoms with Gasteiger partial charge in [-0.05, 0) is 0 Å². The van der Waals surface area contributed by atoms with Crippen LogP contribution in [-0.4, -0.2) is 31.3 Å². The molecule has 0 N–H and O–H groups in total. The summed E-state index contributed by atoms with van der Waals surface area (Å²) in [6, 6.07) is 8.83. The Morgan fingerprint density at radius 1 is 0.917 bits per heavy atom. The van der Waals surface area contributed by atoms with Crippen LogP contribution in [0.15, 0.2) is 24.3 Å². The summed E-state index contributed by atoms with van der Waals surface area (Å²) in [5.41, 5.74) is 1.20. The van der Waals surface area contributed by atoms with Gasteiger partial charge >= 0.3 is 154 Å². The molecule has 0 heterocycles. The van der Waals surface area contributed by atoms with E-state index in [2.05, 4.69) is 45.0 Å². The van der Waals surface area contributed by atoms with Crippen molar-refractivity contribution in [2.75, 3.05) is 11.9 Å². The topological polar surface area (TPSA) is 20.3 Å². The van der Waals surface area contributed by atoms with E-state index in [1.807, 2.05) is 11.9 Å². The van der Waals surface area contributed by atoms with Crippen LogP contribution in [-0.2, 0) is 4.79 Å². The van der Waals surface area contributed by atoms with Gasteiger partial charge in [-0.1, -0.05) is 0 Å². The van der Waals surface area contributed by atoms with E-state index in [9.17, 15) is 4.79 Å². The number of hydrogen-bond donors (Lipinski definition) is 0. The summed E-state index contributed by atoms with van der Waals surface area (Å²) in [6.07, 6.45) is 7.88. The van der Waals surface area contributed by atoms with Crippen LogP contribution >= 0.6 is 0 Å². The van der Waals surface area contributed by atoms with Crippen molar-refractivity contribution in [1.29, 1.82) is 0 Å². The van der Waals surface area contributed by atoms with E-state index in [-0.39, 0.29) is 5.91 Å². The molecule has 136 valence electrons. The standard InChI is InChI=1S/C9H10NO.3C4H9.Sn/c1-8(11)10(2)9-6-4-3-5-7-9;3*1-3-4-2;/h3-6H,1-2H3;3*1,3-4H2,2H3;. The second-order valence-corrected chi connectivity index (χ2v) is 20.3. The first-order valence-electron chi connectivity index (χ1n) is 9.86. The maximum absolute atomic E-state index is 12.0. The first-order chi connectivity index (χ1) is 11.5. The average molecular weight is 438 g/mol. The number of amides is 1. The van der Waals surface area contributed by atoms with Gasteiger partial charge in [0.2, 0.25) is 0 Å². The van der Waals surface area contributed by atoms with Gasteiger partial charge in [-0.15, -0.1) is 0 Å². The predicted octanol–water partition coefficient (Wildman–Crippen LogP) is 5.73. The normalized spacial score (nSPS) is 11.5. The van der Waals surface area contributed by atoms with Crippen molar-refractivity contribution in [2.45, 2.75) is 79.5 Å². The molecule has 0 spiro atoms. The third kappa shape index (κ3) is 5.78. The van der Waals surface area contributed by atoms with E-state index in [4.69, 9.17) is 0 Å². The molecule has 1 rings (SSSR count). The van der Waals surface area contributed by atoms with Gasteiger partial charge < -0.3 is 0 Å². The first kappa shape index (κ1) is 21.5. The molecule has 0 bridgehead atoms. The van der Waals surface area contributed by atoms with Crippen LogP contribution in [0.5, 0.6) is 0 Å². The van der Waals surface area contributed by atoms with E-state index in [0.29, 0.717) is 0 Å². The van der Waals surface area contributed by atoms with Crippen LogP contribution in [0.2, 0.25) is 13.3 Å². The number of anilines is 1. The predicted molar refractivity (Wildman–Crippen MR) is 110 cm³/mol. The Balaban J connectivity index is 3.36. The zero-order valence-electron chi connectivity index (χ0n) is 16.5. The van der Waals surface area contributed by atoms with Gasteiger partial charge in [0.05, 0.1) is 0 Å². The fraction of sp³-hybridized carbons (Fsp3) is 0.667. The third-order valence-electron chi connectivity index (χ3n) is 5.34. The van der Waals surface area contributed by atoms with Crippen molar-refractivity contribution < 1.29 is 4.79 Å². The fourth-order valence-corrected chi connectivity index (χ4v) is 20.5. The quantitative estimate of drug-likeness (QED) is 0.405. The van der Waals surface area contributed by atoms with Crippen molar-refractivity contribution in [3.8, 4) is 0 Å². The minimum absolute atomic E-state index is 0.143. The maximum atomic E-state index is 12.0. The molecule has 1 aromatic carbocycles.